The summed E-state index contributed by atoms with van der Waals surface area (Å²) in [7, 11) is 0. The molecule has 2 aliphatic rings. The number of hydrogen-bond donors (Lipinski definition) is 1. The maximum atomic E-state index is 11.6. The number of thioether (sulfide) groups is 1. The number of carboxylic acids is 1. The van der Waals surface area contributed by atoms with E-state index in [9.17, 15) is 9.90 Å². The van der Waals surface area contributed by atoms with Gasteiger partial charge in [-0.2, -0.15) is 11.8 Å². The van der Waals surface area contributed by atoms with E-state index in [1.54, 1.807) is 11.8 Å². The van der Waals surface area contributed by atoms with Crippen LogP contribution in [-0.4, -0.2) is 45.6 Å². The molecule has 1 saturated heterocycles. The van der Waals surface area contributed by atoms with Gasteiger partial charge in [-0.15, -0.1) is 0 Å². The molecule has 1 heterocycles. The Morgan fingerprint density at radius 1 is 1.60 bits per heavy atom. The van der Waals surface area contributed by atoms with Crippen molar-refractivity contribution in [2.45, 2.75) is 44.2 Å². The first-order valence-electron chi connectivity index (χ1n) is 5.78. The van der Waals surface area contributed by atoms with Gasteiger partial charge in [-0.05, 0) is 38.0 Å². The van der Waals surface area contributed by atoms with Crippen LogP contribution in [0.3, 0.4) is 0 Å². The quantitative estimate of drug-likeness (QED) is 0.798. The maximum absolute atomic E-state index is 11.6. The zero-order valence-corrected chi connectivity index (χ0v) is 10.1. The van der Waals surface area contributed by atoms with Crippen molar-refractivity contribution < 1.29 is 9.90 Å². The number of carbonyl (C=O) groups is 1. The fourth-order valence-corrected chi connectivity index (χ4v) is 3.86. The van der Waals surface area contributed by atoms with Crippen LogP contribution in [0.5, 0.6) is 0 Å². The van der Waals surface area contributed by atoms with E-state index in [0.717, 1.165) is 30.9 Å². The molecule has 0 aromatic carbocycles. The minimum Gasteiger partial charge on any atom is -0.480 e. The second-order valence-corrected chi connectivity index (χ2v) is 5.62. The Kier molecular flexibility index (Phi) is 3.26. The highest BCUT2D eigenvalue weighted by Crippen LogP contribution is 2.39. The van der Waals surface area contributed by atoms with Gasteiger partial charge in [0, 0.05) is 11.8 Å². The van der Waals surface area contributed by atoms with Crippen LogP contribution < -0.4 is 0 Å². The average Bonchev–Trinajstić information content (AvgIpc) is 3.04. The molecule has 1 atom stereocenters. The summed E-state index contributed by atoms with van der Waals surface area (Å²) in [5.74, 6) is 1.28. The lowest BCUT2D eigenvalue weighted by Gasteiger charge is -2.42. The summed E-state index contributed by atoms with van der Waals surface area (Å²) in [5, 5.41) is 9.51. The largest absolute Gasteiger partial charge is 0.480 e. The van der Waals surface area contributed by atoms with E-state index in [4.69, 9.17) is 0 Å². The van der Waals surface area contributed by atoms with E-state index in [0.29, 0.717) is 6.04 Å². The van der Waals surface area contributed by atoms with Crippen molar-refractivity contribution in [2.75, 3.05) is 18.1 Å². The van der Waals surface area contributed by atoms with E-state index >= 15 is 0 Å². The van der Waals surface area contributed by atoms with Gasteiger partial charge >= 0.3 is 5.97 Å². The molecule has 86 valence electrons. The number of likely N-dealkylation sites (N-methyl/N-ethyl adjacent to an activating group) is 1. The van der Waals surface area contributed by atoms with Crippen LogP contribution in [0.15, 0.2) is 0 Å². The number of rotatable bonds is 4. The van der Waals surface area contributed by atoms with Gasteiger partial charge in [0.15, 0.2) is 0 Å². The normalized spacial score (nSPS) is 31.9. The molecule has 3 nitrogen and oxygen atoms in total. The van der Waals surface area contributed by atoms with Gasteiger partial charge in [-0.25, -0.2) is 0 Å². The average molecular weight is 229 g/mol. The molecule has 4 heteroatoms. The molecule has 1 saturated carbocycles. The molecular weight excluding hydrogens is 210 g/mol. The predicted molar refractivity (Wildman–Crippen MR) is 62.3 cm³/mol. The van der Waals surface area contributed by atoms with Gasteiger partial charge < -0.3 is 5.11 Å². The first-order valence-corrected chi connectivity index (χ1v) is 6.94. The summed E-state index contributed by atoms with van der Waals surface area (Å²) in [6, 6.07) is 0.546. The molecule has 0 aromatic heterocycles. The van der Waals surface area contributed by atoms with Gasteiger partial charge in [0.05, 0.1) is 0 Å². The lowest BCUT2D eigenvalue weighted by Crippen LogP contribution is -2.58. The Balaban J connectivity index is 2.18. The predicted octanol–water partition coefficient (Wildman–Crippen LogP) is 1.82. The third kappa shape index (κ3) is 2.02. The molecule has 0 bridgehead atoms. The zero-order valence-electron chi connectivity index (χ0n) is 9.24. The number of nitrogens with zero attached hydrogens (tertiary/aromatic N) is 1. The summed E-state index contributed by atoms with van der Waals surface area (Å²) in [6.07, 6.45) is 4.25. The molecular formula is C11H19NO2S. The number of hydrogen-bond acceptors (Lipinski definition) is 3. The van der Waals surface area contributed by atoms with Gasteiger partial charge in [0.1, 0.15) is 5.54 Å². The van der Waals surface area contributed by atoms with E-state index in [2.05, 4.69) is 11.8 Å². The van der Waals surface area contributed by atoms with Gasteiger partial charge in [-0.1, -0.05) is 6.92 Å². The highest BCUT2D eigenvalue weighted by atomic mass is 32.2. The second kappa shape index (κ2) is 4.34. The molecule has 1 aliphatic carbocycles. The third-order valence-electron chi connectivity index (χ3n) is 3.50. The van der Waals surface area contributed by atoms with Gasteiger partial charge in [0.25, 0.3) is 0 Å². The minimum atomic E-state index is -0.608. The van der Waals surface area contributed by atoms with Crippen molar-refractivity contribution in [2.24, 2.45) is 0 Å². The lowest BCUT2D eigenvalue weighted by atomic mass is 9.92. The van der Waals surface area contributed by atoms with Crippen molar-refractivity contribution in [3.8, 4) is 0 Å². The van der Waals surface area contributed by atoms with E-state index in [-0.39, 0.29) is 0 Å². The fourth-order valence-electron chi connectivity index (χ4n) is 2.59. The molecule has 0 spiro atoms. The minimum absolute atomic E-state index is 0.546. The highest BCUT2D eigenvalue weighted by molar-refractivity contribution is 7.99. The van der Waals surface area contributed by atoms with Gasteiger partial charge in [-0.3, -0.25) is 9.69 Å². The third-order valence-corrected chi connectivity index (χ3v) is 4.76. The molecule has 2 fully saturated rings. The first-order chi connectivity index (χ1) is 7.20. The van der Waals surface area contributed by atoms with Crippen LogP contribution in [-0.2, 0) is 4.79 Å². The van der Waals surface area contributed by atoms with Crippen LogP contribution in [0.4, 0.5) is 0 Å². The summed E-state index contributed by atoms with van der Waals surface area (Å²) < 4.78 is 0. The topological polar surface area (TPSA) is 40.5 Å². The Morgan fingerprint density at radius 2 is 2.33 bits per heavy atom. The summed E-state index contributed by atoms with van der Waals surface area (Å²) in [6.45, 7) is 2.96. The summed E-state index contributed by atoms with van der Waals surface area (Å²) in [4.78, 5) is 13.8. The summed E-state index contributed by atoms with van der Waals surface area (Å²) >= 11 is 1.80. The van der Waals surface area contributed by atoms with Crippen molar-refractivity contribution in [1.29, 1.82) is 0 Å². The van der Waals surface area contributed by atoms with Gasteiger partial charge in [0.2, 0.25) is 0 Å². The van der Waals surface area contributed by atoms with Crippen molar-refractivity contribution in [3.05, 3.63) is 0 Å². The van der Waals surface area contributed by atoms with E-state index in [1.165, 1.54) is 12.8 Å². The van der Waals surface area contributed by atoms with Crippen LogP contribution in [0.25, 0.3) is 0 Å². The van der Waals surface area contributed by atoms with Crippen molar-refractivity contribution in [3.63, 3.8) is 0 Å². The van der Waals surface area contributed by atoms with Crippen LogP contribution in [0, 0.1) is 0 Å². The Hall–Kier alpha value is -0.220. The highest BCUT2D eigenvalue weighted by Gasteiger charge is 2.49. The molecule has 15 heavy (non-hydrogen) atoms. The standard InChI is InChI=1S/C11H19NO2S/c1-2-12(9-4-5-9)11(10(13)14)6-3-7-15-8-11/h9H,2-8H2,1H3,(H,13,14). The van der Waals surface area contributed by atoms with Crippen LogP contribution >= 0.6 is 11.8 Å². The number of carboxylic acid groups (broad SMARTS) is 1. The smallest absolute Gasteiger partial charge is 0.324 e. The summed E-state index contributed by atoms with van der Waals surface area (Å²) in [5.41, 5.74) is -0.557. The van der Waals surface area contributed by atoms with E-state index < -0.39 is 11.5 Å². The Labute approximate surface area is 95.2 Å². The molecule has 0 aromatic rings. The monoisotopic (exact) mass is 229 g/mol. The van der Waals surface area contributed by atoms with Crippen molar-refractivity contribution >= 4 is 17.7 Å². The Bertz CT molecular complexity index is 247. The van der Waals surface area contributed by atoms with Crippen LogP contribution in [0.2, 0.25) is 0 Å². The maximum Gasteiger partial charge on any atom is 0.324 e. The first kappa shape index (κ1) is 11.3. The zero-order chi connectivity index (χ0) is 10.9. The number of aliphatic carboxylic acids is 1. The lowest BCUT2D eigenvalue weighted by molar-refractivity contribution is -0.151. The van der Waals surface area contributed by atoms with E-state index in [1.807, 2.05) is 0 Å². The Morgan fingerprint density at radius 3 is 2.73 bits per heavy atom. The molecule has 1 N–H and O–H groups in total. The fraction of sp³-hybridized carbons (Fsp3) is 0.909. The van der Waals surface area contributed by atoms with Crippen molar-refractivity contribution in [1.82, 2.24) is 4.90 Å². The second-order valence-electron chi connectivity index (χ2n) is 4.51. The van der Waals surface area contributed by atoms with Crippen LogP contribution in [0.1, 0.15) is 32.6 Å². The molecule has 0 radical (unpaired) electrons. The SMILES string of the molecule is CCN(C1CC1)C1(C(=O)O)CCCSC1. The molecule has 1 unspecified atom stereocenters. The molecule has 2 rings (SSSR count). The molecule has 0 amide bonds. The molecule has 1 aliphatic heterocycles.